The Morgan fingerprint density at radius 3 is 2.38 bits per heavy atom. The molecule has 1 amide bonds. The van der Waals surface area contributed by atoms with Crippen LogP contribution in [-0.4, -0.2) is 36.5 Å². The highest BCUT2D eigenvalue weighted by molar-refractivity contribution is 6.30. The standard InChI is InChI=1S/C20H22ClNO4/c1-14(2)22(3)19(23)13-26-20(24)17-6-4-5-7-18(17)25-12-15-8-10-16(21)11-9-15/h4-11,14H,12-13H2,1-3H3. The van der Waals surface area contributed by atoms with Gasteiger partial charge in [-0.3, -0.25) is 4.79 Å². The van der Waals surface area contributed by atoms with Crippen LogP contribution in [0.2, 0.25) is 5.02 Å². The lowest BCUT2D eigenvalue weighted by atomic mass is 10.2. The molecule has 0 aliphatic heterocycles. The third-order valence-corrected chi connectivity index (χ3v) is 4.16. The molecule has 0 aliphatic rings. The Kier molecular flexibility index (Phi) is 7.04. The highest BCUT2D eigenvalue weighted by Gasteiger charge is 2.18. The summed E-state index contributed by atoms with van der Waals surface area (Å²) in [6.45, 7) is 3.76. The van der Waals surface area contributed by atoms with Crippen molar-refractivity contribution in [3.63, 3.8) is 0 Å². The number of rotatable bonds is 7. The second-order valence-corrected chi connectivity index (χ2v) is 6.52. The molecule has 0 N–H and O–H groups in total. The van der Waals surface area contributed by atoms with E-state index in [1.54, 1.807) is 43.4 Å². The Morgan fingerprint density at radius 2 is 1.73 bits per heavy atom. The molecule has 0 saturated carbocycles. The van der Waals surface area contributed by atoms with Gasteiger partial charge in [0.15, 0.2) is 6.61 Å². The summed E-state index contributed by atoms with van der Waals surface area (Å²) in [7, 11) is 1.67. The molecule has 0 aromatic heterocycles. The molecule has 6 heteroatoms. The number of hydrogen-bond acceptors (Lipinski definition) is 4. The van der Waals surface area contributed by atoms with Gasteiger partial charge in [-0.2, -0.15) is 0 Å². The van der Waals surface area contributed by atoms with Crippen LogP contribution in [0, 0.1) is 0 Å². The largest absolute Gasteiger partial charge is 0.488 e. The molecular formula is C20H22ClNO4. The average Bonchev–Trinajstić information content (AvgIpc) is 2.64. The van der Waals surface area contributed by atoms with Gasteiger partial charge in [0.2, 0.25) is 0 Å². The van der Waals surface area contributed by atoms with E-state index < -0.39 is 5.97 Å². The Morgan fingerprint density at radius 1 is 1.08 bits per heavy atom. The Balaban J connectivity index is 1.99. The fourth-order valence-corrected chi connectivity index (χ4v) is 2.22. The van der Waals surface area contributed by atoms with Crippen LogP contribution in [-0.2, 0) is 16.1 Å². The van der Waals surface area contributed by atoms with Gasteiger partial charge in [-0.15, -0.1) is 0 Å². The second kappa shape index (κ2) is 9.25. The van der Waals surface area contributed by atoms with E-state index in [0.717, 1.165) is 5.56 Å². The molecule has 0 bridgehead atoms. The normalized spacial score (nSPS) is 10.5. The monoisotopic (exact) mass is 375 g/mol. The van der Waals surface area contributed by atoms with E-state index in [-0.39, 0.29) is 30.7 Å². The van der Waals surface area contributed by atoms with Crippen molar-refractivity contribution < 1.29 is 19.1 Å². The van der Waals surface area contributed by atoms with E-state index in [2.05, 4.69) is 0 Å². The molecule has 0 heterocycles. The molecule has 2 aromatic rings. The number of amides is 1. The first-order valence-electron chi connectivity index (χ1n) is 8.27. The van der Waals surface area contributed by atoms with Gasteiger partial charge in [0, 0.05) is 18.1 Å². The zero-order valence-corrected chi connectivity index (χ0v) is 15.8. The van der Waals surface area contributed by atoms with Gasteiger partial charge >= 0.3 is 5.97 Å². The molecule has 2 aromatic carbocycles. The van der Waals surface area contributed by atoms with E-state index in [4.69, 9.17) is 21.1 Å². The Bertz CT molecular complexity index is 759. The Hall–Kier alpha value is -2.53. The van der Waals surface area contributed by atoms with E-state index in [1.807, 2.05) is 26.0 Å². The van der Waals surface area contributed by atoms with Crippen LogP contribution in [0.3, 0.4) is 0 Å². The highest BCUT2D eigenvalue weighted by Crippen LogP contribution is 2.21. The van der Waals surface area contributed by atoms with E-state index in [9.17, 15) is 9.59 Å². The minimum absolute atomic E-state index is 0.0381. The van der Waals surface area contributed by atoms with Gasteiger partial charge in [0.05, 0.1) is 0 Å². The third-order valence-electron chi connectivity index (χ3n) is 3.91. The van der Waals surface area contributed by atoms with Crippen molar-refractivity contribution in [1.29, 1.82) is 0 Å². The number of carbonyl (C=O) groups excluding carboxylic acids is 2. The van der Waals surface area contributed by atoms with Gasteiger partial charge in [-0.25, -0.2) is 4.79 Å². The van der Waals surface area contributed by atoms with Crippen LogP contribution in [0.15, 0.2) is 48.5 Å². The fraction of sp³-hybridized carbons (Fsp3) is 0.300. The quantitative estimate of drug-likeness (QED) is 0.688. The zero-order chi connectivity index (χ0) is 19.1. The van der Waals surface area contributed by atoms with Crippen molar-refractivity contribution >= 4 is 23.5 Å². The second-order valence-electron chi connectivity index (χ2n) is 6.09. The SMILES string of the molecule is CC(C)N(C)C(=O)COC(=O)c1ccccc1OCc1ccc(Cl)cc1. The smallest absolute Gasteiger partial charge is 0.342 e. The lowest BCUT2D eigenvalue weighted by Crippen LogP contribution is -2.36. The van der Waals surface area contributed by atoms with Crippen LogP contribution in [0.4, 0.5) is 0 Å². The summed E-state index contributed by atoms with van der Waals surface area (Å²) in [5, 5.41) is 0.647. The summed E-state index contributed by atoms with van der Waals surface area (Å²) in [6, 6.07) is 14.1. The lowest BCUT2D eigenvalue weighted by molar-refractivity contribution is -0.134. The number of esters is 1. The first-order chi connectivity index (χ1) is 12.4. The summed E-state index contributed by atoms with van der Waals surface area (Å²) in [5.41, 5.74) is 1.20. The molecule has 0 aliphatic carbocycles. The molecule has 138 valence electrons. The van der Waals surface area contributed by atoms with Crippen LogP contribution < -0.4 is 4.74 Å². The molecule has 0 radical (unpaired) electrons. The maximum Gasteiger partial charge on any atom is 0.342 e. The van der Waals surface area contributed by atoms with E-state index in [1.165, 1.54) is 4.90 Å². The maximum atomic E-state index is 12.3. The van der Waals surface area contributed by atoms with Gasteiger partial charge in [-0.05, 0) is 43.7 Å². The first-order valence-corrected chi connectivity index (χ1v) is 8.65. The number of benzene rings is 2. The number of hydrogen-bond donors (Lipinski definition) is 0. The van der Waals surface area contributed by atoms with E-state index >= 15 is 0 Å². The summed E-state index contributed by atoms with van der Waals surface area (Å²) in [5.74, 6) is -0.452. The van der Waals surface area contributed by atoms with Crippen molar-refractivity contribution in [2.45, 2.75) is 26.5 Å². The summed E-state index contributed by atoms with van der Waals surface area (Å²) >= 11 is 5.86. The molecule has 26 heavy (non-hydrogen) atoms. The van der Waals surface area contributed by atoms with E-state index in [0.29, 0.717) is 10.8 Å². The number of para-hydroxylation sites is 1. The zero-order valence-electron chi connectivity index (χ0n) is 15.1. The van der Waals surface area contributed by atoms with Gasteiger partial charge in [0.25, 0.3) is 5.91 Å². The topological polar surface area (TPSA) is 55.8 Å². The molecule has 0 saturated heterocycles. The predicted octanol–water partition coefficient (Wildman–Crippen LogP) is 3.94. The van der Waals surface area contributed by atoms with Gasteiger partial charge in [-0.1, -0.05) is 35.9 Å². The summed E-state index contributed by atoms with van der Waals surface area (Å²) < 4.78 is 10.9. The third kappa shape index (κ3) is 5.49. The molecule has 0 spiro atoms. The molecule has 5 nitrogen and oxygen atoms in total. The predicted molar refractivity (Wildman–Crippen MR) is 100 cm³/mol. The lowest BCUT2D eigenvalue weighted by Gasteiger charge is -2.21. The Labute approximate surface area is 158 Å². The first kappa shape index (κ1) is 19.8. The van der Waals surface area contributed by atoms with Gasteiger partial charge in [0.1, 0.15) is 17.9 Å². The maximum absolute atomic E-state index is 12.3. The summed E-state index contributed by atoms with van der Waals surface area (Å²) in [4.78, 5) is 25.8. The molecule has 0 unspecified atom stereocenters. The fourth-order valence-electron chi connectivity index (χ4n) is 2.10. The highest BCUT2D eigenvalue weighted by atomic mass is 35.5. The molecular weight excluding hydrogens is 354 g/mol. The van der Waals surface area contributed by atoms with Crippen LogP contribution in [0.5, 0.6) is 5.75 Å². The number of nitrogens with zero attached hydrogens (tertiary/aromatic N) is 1. The average molecular weight is 376 g/mol. The molecule has 0 atom stereocenters. The number of carbonyl (C=O) groups is 2. The van der Waals surface area contributed by atoms with Crippen molar-refractivity contribution in [1.82, 2.24) is 4.90 Å². The number of ether oxygens (including phenoxy) is 2. The number of likely N-dealkylation sites (N-methyl/N-ethyl adjacent to an activating group) is 1. The minimum Gasteiger partial charge on any atom is -0.488 e. The molecule has 0 fully saturated rings. The van der Waals surface area contributed by atoms with Crippen molar-refractivity contribution in [3.05, 3.63) is 64.7 Å². The van der Waals surface area contributed by atoms with Crippen molar-refractivity contribution in [2.24, 2.45) is 0 Å². The van der Waals surface area contributed by atoms with Crippen LogP contribution in [0.25, 0.3) is 0 Å². The number of halogens is 1. The van der Waals surface area contributed by atoms with Crippen molar-refractivity contribution in [2.75, 3.05) is 13.7 Å². The van der Waals surface area contributed by atoms with Crippen LogP contribution in [0.1, 0.15) is 29.8 Å². The summed E-state index contributed by atoms with van der Waals surface area (Å²) in [6.07, 6.45) is 0. The van der Waals surface area contributed by atoms with Gasteiger partial charge < -0.3 is 14.4 Å². The minimum atomic E-state index is -0.595. The molecule has 2 rings (SSSR count). The van der Waals surface area contributed by atoms with Crippen molar-refractivity contribution in [3.8, 4) is 5.75 Å². The van der Waals surface area contributed by atoms with Crippen LogP contribution >= 0.6 is 11.6 Å².